The van der Waals surface area contributed by atoms with Crippen molar-refractivity contribution in [2.45, 2.75) is 26.2 Å². The quantitative estimate of drug-likeness (QED) is 0.640. The van der Waals surface area contributed by atoms with E-state index in [1.54, 1.807) is 0 Å². The van der Waals surface area contributed by atoms with Gasteiger partial charge >= 0.3 is 11.9 Å². The van der Waals surface area contributed by atoms with E-state index in [9.17, 15) is 9.59 Å². The van der Waals surface area contributed by atoms with Crippen LogP contribution in [0.15, 0.2) is 18.2 Å². The molecule has 0 saturated carbocycles. The van der Waals surface area contributed by atoms with Crippen molar-refractivity contribution in [3.05, 3.63) is 28.8 Å². The van der Waals surface area contributed by atoms with Gasteiger partial charge in [-0.3, -0.25) is 4.90 Å². The lowest BCUT2D eigenvalue weighted by molar-refractivity contribution is -0.134. The minimum atomic E-state index is -1.26. The Balaban J connectivity index is 0.000000359. The highest BCUT2D eigenvalue weighted by atomic mass is 32.1. The van der Waals surface area contributed by atoms with Crippen LogP contribution in [0.4, 0.5) is 5.13 Å². The number of nitrogens with zero attached hydrogens (tertiary/aromatic N) is 3. The maximum Gasteiger partial charge on any atom is 0.328 e. The number of unbranched alkanes of at least 4 members (excludes halogenated alkanes) is 1. The molecule has 140 valence electrons. The number of hydrogen-bond donors (Lipinski definition) is 3. The van der Waals surface area contributed by atoms with Gasteiger partial charge in [0.1, 0.15) is 10.9 Å². The van der Waals surface area contributed by atoms with Crippen LogP contribution in [0.1, 0.15) is 36.8 Å². The number of anilines is 1. The lowest BCUT2D eigenvalue weighted by Crippen LogP contribution is -2.29. The maximum absolute atomic E-state index is 9.55. The van der Waals surface area contributed by atoms with Crippen molar-refractivity contribution in [2.75, 3.05) is 25.4 Å². The van der Waals surface area contributed by atoms with Crippen LogP contribution >= 0.6 is 11.3 Å². The van der Waals surface area contributed by atoms with Gasteiger partial charge in [0.2, 0.25) is 0 Å². The molecule has 1 aliphatic rings. The van der Waals surface area contributed by atoms with Gasteiger partial charge in [0, 0.05) is 25.2 Å². The minimum Gasteiger partial charge on any atom is -0.478 e. The Morgan fingerprint density at radius 2 is 2.08 bits per heavy atom. The van der Waals surface area contributed by atoms with E-state index in [2.05, 4.69) is 29.0 Å². The van der Waals surface area contributed by atoms with Crippen LogP contribution in [0.25, 0.3) is 5.57 Å². The summed E-state index contributed by atoms with van der Waals surface area (Å²) in [4.78, 5) is 26.5. The largest absolute Gasteiger partial charge is 0.478 e. The number of nitrogens with two attached hydrogens (primary N) is 1. The highest BCUT2D eigenvalue weighted by Crippen LogP contribution is 2.29. The normalized spacial score (nSPS) is 14.2. The minimum absolute atomic E-state index is 0.482. The zero-order chi connectivity index (χ0) is 19.5. The van der Waals surface area contributed by atoms with E-state index in [0.29, 0.717) is 22.2 Å². The van der Waals surface area contributed by atoms with Crippen LogP contribution in [0.5, 0.6) is 0 Å². The maximum atomic E-state index is 9.55. The molecule has 1 aromatic rings. The Bertz CT molecular complexity index is 718. The van der Waals surface area contributed by atoms with E-state index in [1.807, 2.05) is 0 Å². The molecule has 0 aliphatic carbocycles. The van der Waals surface area contributed by atoms with Gasteiger partial charge in [-0.05, 0) is 25.0 Å². The van der Waals surface area contributed by atoms with Gasteiger partial charge in [0.05, 0.1) is 5.69 Å². The number of carbonyl (C=O) groups is 2. The molecule has 0 bridgehead atoms. The van der Waals surface area contributed by atoms with Crippen molar-refractivity contribution in [1.82, 2.24) is 9.88 Å². The average Bonchev–Trinajstić information content (AvgIpc) is 3.00. The van der Waals surface area contributed by atoms with Crippen molar-refractivity contribution in [1.29, 1.82) is 5.26 Å². The van der Waals surface area contributed by atoms with Crippen LogP contribution in [0, 0.1) is 11.3 Å². The number of carboxylic acid groups (broad SMARTS) is 2. The molecular formula is C17H22N4O4S. The van der Waals surface area contributed by atoms with Crippen molar-refractivity contribution < 1.29 is 19.8 Å². The third kappa shape index (κ3) is 7.46. The van der Waals surface area contributed by atoms with Gasteiger partial charge in [0.15, 0.2) is 5.13 Å². The van der Waals surface area contributed by atoms with Gasteiger partial charge in [0.25, 0.3) is 0 Å². The molecule has 4 N–H and O–H groups in total. The molecule has 1 aliphatic heterocycles. The Morgan fingerprint density at radius 1 is 1.42 bits per heavy atom. The van der Waals surface area contributed by atoms with Crippen molar-refractivity contribution in [3.63, 3.8) is 0 Å². The first-order valence-electron chi connectivity index (χ1n) is 8.09. The van der Waals surface area contributed by atoms with E-state index in [0.717, 1.165) is 31.7 Å². The Hall–Kier alpha value is -2.70. The van der Waals surface area contributed by atoms with E-state index in [1.165, 1.54) is 29.8 Å². The first kappa shape index (κ1) is 21.3. The molecule has 0 unspecified atom stereocenters. The lowest BCUT2D eigenvalue weighted by atomic mass is 10.0. The predicted octanol–water partition coefficient (Wildman–Crippen LogP) is 2.20. The number of aliphatic carboxylic acids is 2. The van der Waals surface area contributed by atoms with Crippen LogP contribution in [-0.2, 0) is 9.59 Å². The number of thiazole rings is 1. The molecule has 0 spiro atoms. The van der Waals surface area contributed by atoms with Gasteiger partial charge < -0.3 is 15.9 Å². The second kappa shape index (κ2) is 11.0. The van der Waals surface area contributed by atoms with E-state index >= 15 is 0 Å². The Morgan fingerprint density at radius 3 is 2.54 bits per heavy atom. The number of carboxylic acids is 2. The molecule has 26 heavy (non-hydrogen) atoms. The molecule has 0 atom stereocenters. The molecule has 2 rings (SSSR count). The number of hydrogen-bond acceptors (Lipinski definition) is 7. The van der Waals surface area contributed by atoms with Crippen LogP contribution < -0.4 is 5.73 Å². The van der Waals surface area contributed by atoms with Crippen molar-refractivity contribution >= 4 is 34.0 Å². The SMILES string of the molecule is CCCCN1CC=C(c2nc(N)sc2C#N)CC1.O=C(O)/C=C\C(=O)O. The Kier molecular flexibility index (Phi) is 9.05. The first-order valence-corrected chi connectivity index (χ1v) is 8.91. The summed E-state index contributed by atoms with van der Waals surface area (Å²) in [6.07, 6.45) is 6.74. The third-order valence-corrected chi connectivity index (χ3v) is 4.33. The van der Waals surface area contributed by atoms with Gasteiger partial charge in [-0.1, -0.05) is 30.8 Å². The molecule has 0 amide bonds. The standard InChI is InChI=1S/C13H18N4S.C4H4O4/c1-2-3-6-17-7-4-10(5-8-17)12-11(9-14)18-13(15)16-12;5-3(6)1-2-4(7)8/h4H,2-3,5-8H2,1H3,(H2,15,16);1-2H,(H,5,6)(H,7,8)/b;2-1-. The predicted molar refractivity (Wildman–Crippen MR) is 99.6 cm³/mol. The van der Waals surface area contributed by atoms with Crippen LogP contribution in [0.2, 0.25) is 0 Å². The highest BCUT2D eigenvalue weighted by Gasteiger charge is 2.18. The molecule has 0 aromatic carbocycles. The molecule has 0 saturated heterocycles. The lowest BCUT2D eigenvalue weighted by Gasteiger charge is -2.25. The molecule has 2 heterocycles. The summed E-state index contributed by atoms with van der Waals surface area (Å²) < 4.78 is 0. The Labute approximate surface area is 155 Å². The summed E-state index contributed by atoms with van der Waals surface area (Å²) in [5.41, 5.74) is 7.65. The van der Waals surface area contributed by atoms with Gasteiger partial charge in [-0.2, -0.15) is 5.26 Å². The monoisotopic (exact) mass is 378 g/mol. The van der Waals surface area contributed by atoms with E-state index < -0.39 is 11.9 Å². The van der Waals surface area contributed by atoms with Crippen molar-refractivity contribution in [2.24, 2.45) is 0 Å². The molecule has 9 heteroatoms. The van der Waals surface area contributed by atoms with E-state index in [4.69, 9.17) is 21.2 Å². The fourth-order valence-electron chi connectivity index (χ4n) is 2.28. The summed E-state index contributed by atoms with van der Waals surface area (Å²) in [5, 5.41) is 25.2. The summed E-state index contributed by atoms with van der Waals surface area (Å²) >= 11 is 1.27. The number of nitriles is 1. The number of nitrogen functional groups attached to an aromatic ring is 1. The van der Waals surface area contributed by atoms with Crippen LogP contribution in [0.3, 0.4) is 0 Å². The fraction of sp³-hybridized carbons (Fsp3) is 0.412. The smallest absolute Gasteiger partial charge is 0.328 e. The molecule has 1 aromatic heterocycles. The van der Waals surface area contributed by atoms with Crippen LogP contribution in [-0.4, -0.2) is 51.7 Å². The molecule has 8 nitrogen and oxygen atoms in total. The summed E-state index contributed by atoms with van der Waals surface area (Å²) in [6, 6.07) is 2.18. The van der Waals surface area contributed by atoms with Gasteiger partial charge in [-0.25, -0.2) is 14.6 Å². The number of rotatable bonds is 6. The van der Waals surface area contributed by atoms with Crippen molar-refractivity contribution in [3.8, 4) is 6.07 Å². The fourth-order valence-corrected chi connectivity index (χ4v) is 2.95. The number of aromatic nitrogens is 1. The third-order valence-electron chi connectivity index (χ3n) is 3.54. The highest BCUT2D eigenvalue weighted by molar-refractivity contribution is 7.16. The average molecular weight is 378 g/mol. The second-order valence-electron chi connectivity index (χ2n) is 5.48. The summed E-state index contributed by atoms with van der Waals surface area (Å²) in [7, 11) is 0. The molecule has 0 radical (unpaired) electrons. The summed E-state index contributed by atoms with van der Waals surface area (Å²) in [6.45, 7) is 5.37. The van der Waals surface area contributed by atoms with E-state index in [-0.39, 0.29) is 0 Å². The first-order chi connectivity index (χ1) is 12.4. The second-order valence-corrected chi connectivity index (χ2v) is 6.52. The molecule has 0 fully saturated rings. The zero-order valence-electron chi connectivity index (χ0n) is 14.5. The zero-order valence-corrected chi connectivity index (χ0v) is 15.3. The topological polar surface area (TPSA) is 141 Å². The molecular weight excluding hydrogens is 356 g/mol. The summed E-state index contributed by atoms with van der Waals surface area (Å²) in [5.74, 6) is -2.51. The van der Waals surface area contributed by atoms with Gasteiger partial charge in [-0.15, -0.1) is 0 Å².